The molecule has 106 valence electrons. The van der Waals surface area contributed by atoms with E-state index in [0.717, 1.165) is 8.95 Å². The van der Waals surface area contributed by atoms with Crippen LogP contribution >= 0.6 is 31.9 Å². The van der Waals surface area contributed by atoms with Crippen LogP contribution in [0.15, 0.2) is 26.7 Å². The molecule has 0 aliphatic carbocycles. The molecule has 0 heterocycles. The predicted molar refractivity (Wildman–Crippen MR) is 83.2 cm³/mol. The van der Waals surface area contributed by atoms with Gasteiger partial charge in [-0.2, -0.15) is 5.26 Å². The number of carbonyl (C=O) groups excluding carboxylic acids is 1. The minimum Gasteiger partial charge on any atom is -0.492 e. The van der Waals surface area contributed by atoms with Crippen molar-refractivity contribution in [3.05, 3.63) is 32.2 Å². The van der Waals surface area contributed by atoms with Gasteiger partial charge in [-0.1, -0.05) is 15.9 Å². The number of nitrogens with zero attached hydrogens (tertiary/aromatic N) is 1. The Hall–Kier alpha value is -1.32. The Labute approximate surface area is 134 Å². The van der Waals surface area contributed by atoms with Crippen molar-refractivity contribution in [1.29, 1.82) is 5.26 Å². The lowest BCUT2D eigenvalue weighted by Gasteiger charge is -2.11. The minimum atomic E-state index is -0.645. The molecule has 4 nitrogen and oxygen atoms in total. The van der Waals surface area contributed by atoms with Crippen molar-refractivity contribution in [2.45, 2.75) is 13.8 Å². The van der Waals surface area contributed by atoms with Gasteiger partial charge >= 0.3 is 5.97 Å². The summed E-state index contributed by atoms with van der Waals surface area (Å²) < 4.78 is 11.9. The normalized spacial score (nSPS) is 10.8. The van der Waals surface area contributed by atoms with Gasteiger partial charge in [-0.3, -0.25) is 0 Å². The summed E-state index contributed by atoms with van der Waals surface area (Å²) in [5.74, 6) is -0.0682. The lowest BCUT2D eigenvalue weighted by molar-refractivity contribution is -0.137. The number of rotatable bonds is 5. The molecule has 20 heavy (non-hydrogen) atoms. The molecule has 0 unspecified atom stereocenters. The number of hydrogen-bond acceptors (Lipinski definition) is 4. The molecule has 0 N–H and O–H groups in total. The molecule has 0 radical (unpaired) electrons. The van der Waals surface area contributed by atoms with Crippen LogP contribution in [0.3, 0.4) is 0 Å². The topological polar surface area (TPSA) is 59.3 Å². The lowest BCUT2D eigenvalue weighted by atomic mass is 10.1. The average molecular weight is 403 g/mol. The van der Waals surface area contributed by atoms with Crippen LogP contribution in [-0.4, -0.2) is 19.2 Å². The number of benzene rings is 1. The third-order valence-corrected chi connectivity index (χ3v) is 3.29. The zero-order valence-corrected chi connectivity index (χ0v) is 14.2. The summed E-state index contributed by atoms with van der Waals surface area (Å²) in [6.07, 6.45) is 1.46. The fraction of sp³-hybridized carbons (Fsp3) is 0.286. The van der Waals surface area contributed by atoms with E-state index in [1.807, 2.05) is 19.1 Å². The standard InChI is InChI=1S/C14H13Br2NO3/c1-3-19-13-9(6-11(15)7-12(13)16)5-10(8-17)14(18)20-4-2/h5-7H,3-4H2,1-2H3/b10-5+. The Morgan fingerprint density at radius 3 is 2.60 bits per heavy atom. The summed E-state index contributed by atoms with van der Waals surface area (Å²) in [6.45, 7) is 4.24. The molecule has 0 aliphatic heterocycles. The number of halogens is 2. The van der Waals surface area contributed by atoms with Crippen molar-refractivity contribution in [2.24, 2.45) is 0 Å². The number of hydrogen-bond donors (Lipinski definition) is 0. The first kappa shape index (κ1) is 16.7. The van der Waals surface area contributed by atoms with Crippen molar-refractivity contribution in [3.63, 3.8) is 0 Å². The molecule has 0 bridgehead atoms. The molecule has 0 saturated carbocycles. The maximum absolute atomic E-state index is 11.6. The second-order valence-electron chi connectivity index (χ2n) is 3.63. The van der Waals surface area contributed by atoms with E-state index in [2.05, 4.69) is 31.9 Å². The van der Waals surface area contributed by atoms with Crippen LogP contribution in [0.2, 0.25) is 0 Å². The van der Waals surface area contributed by atoms with Crippen molar-refractivity contribution in [1.82, 2.24) is 0 Å². The summed E-state index contributed by atoms with van der Waals surface area (Å²) in [7, 11) is 0. The highest BCUT2D eigenvalue weighted by molar-refractivity contribution is 9.11. The summed E-state index contributed by atoms with van der Waals surface area (Å²) in [4.78, 5) is 11.6. The maximum atomic E-state index is 11.6. The number of esters is 1. The fourth-order valence-electron chi connectivity index (χ4n) is 1.49. The van der Waals surface area contributed by atoms with E-state index in [0.29, 0.717) is 17.9 Å². The van der Waals surface area contributed by atoms with Crippen molar-refractivity contribution in [2.75, 3.05) is 13.2 Å². The first-order valence-electron chi connectivity index (χ1n) is 5.94. The van der Waals surface area contributed by atoms with Gasteiger partial charge in [-0.25, -0.2) is 4.79 Å². The first-order chi connectivity index (χ1) is 9.53. The van der Waals surface area contributed by atoms with Crippen LogP contribution in [0, 0.1) is 11.3 Å². The highest BCUT2D eigenvalue weighted by atomic mass is 79.9. The van der Waals surface area contributed by atoms with Crippen molar-refractivity contribution in [3.8, 4) is 11.8 Å². The van der Waals surface area contributed by atoms with Crippen LogP contribution in [0.1, 0.15) is 19.4 Å². The minimum absolute atomic E-state index is 0.0715. The zero-order chi connectivity index (χ0) is 15.1. The van der Waals surface area contributed by atoms with Gasteiger partial charge in [0.05, 0.1) is 17.7 Å². The van der Waals surface area contributed by atoms with Gasteiger partial charge in [0.1, 0.15) is 17.4 Å². The molecular formula is C14H13Br2NO3. The highest BCUT2D eigenvalue weighted by Gasteiger charge is 2.14. The Morgan fingerprint density at radius 1 is 1.35 bits per heavy atom. The quantitative estimate of drug-likeness (QED) is 0.423. The Morgan fingerprint density at radius 2 is 2.05 bits per heavy atom. The molecule has 0 atom stereocenters. The van der Waals surface area contributed by atoms with Crippen LogP contribution in [0.4, 0.5) is 0 Å². The maximum Gasteiger partial charge on any atom is 0.348 e. The lowest BCUT2D eigenvalue weighted by Crippen LogP contribution is -2.06. The number of ether oxygens (including phenoxy) is 2. The van der Waals surface area contributed by atoms with Gasteiger partial charge in [0.2, 0.25) is 0 Å². The van der Waals surface area contributed by atoms with E-state index in [9.17, 15) is 4.79 Å². The van der Waals surface area contributed by atoms with Gasteiger partial charge in [0, 0.05) is 10.0 Å². The van der Waals surface area contributed by atoms with E-state index < -0.39 is 5.97 Å². The van der Waals surface area contributed by atoms with Crippen LogP contribution < -0.4 is 4.74 Å². The van der Waals surface area contributed by atoms with Gasteiger partial charge < -0.3 is 9.47 Å². The van der Waals surface area contributed by atoms with Crippen LogP contribution in [0.25, 0.3) is 6.08 Å². The van der Waals surface area contributed by atoms with E-state index in [1.54, 1.807) is 13.0 Å². The first-order valence-corrected chi connectivity index (χ1v) is 7.52. The summed E-state index contributed by atoms with van der Waals surface area (Å²) >= 11 is 6.76. The van der Waals surface area contributed by atoms with Crippen LogP contribution in [-0.2, 0) is 9.53 Å². The highest BCUT2D eigenvalue weighted by Crippen LogP contribution is 2.34. The zero-order valence-electron chi connectivity index (χ0n) is 11.1. The molecule has 0 aliphatic rings. The third kappa shape index (κ3) is 4.36. The molecule has 0 spiro atoms. The Balaban J connectivity index is 3.30. The molecule has 0 amide bonds. The van der Waals surface area contributed by atoms with Crippen molar-refractivity contribution < 1.29 is 14.3 Å². The average Bonchev–Trinajstić information content (AvgIpc) is 2.39. The van der Waals surface area contributed by atoms with Crippen LogP contribution in [0.5, 0.6) is 5.75 Å². The summed E-state index contributed by atoms with van der Waals surface area (Å²) in [6, 6.07) is 5.45. The third-order valence-electron chi connectivity index (χ3n) is 2.24. The molecule has 0 fully saturated rings. The fourth-order valence-corrected chi connectivity index (χ4v) is 2.86. The summed E-state index contributed by atoms with van der Waals surface area (Å²) in [5.41, 5.74) is 0.551. The van der Waals surface area contributed by atoms with Crippen molar-refractivity contribution >= 4 is 43.9 Å². The molecule has 0 saturated heterocycles. The van der Waals surface area contributed by atoms with E-state index in [-0.39, 0.29) is 12.2 Å². The number of nitriles is 1. The second kappa shape index (κ2) is 8.08. The van der Waals surface area contributed by atoms with E-state index in [1.165, 1.54) is 6.08 Å². The molecule has 0 aromatic heterocycles. The smallest absolute Gasteiger partial charge is 0.348 e. The Kier molecular flexibility index (Phi) is 6.76. The predicted octanol–water partition coefficient (Wildman–Crippen LogP) is 4.08. The van der Waals surface area contributed by atoms with E-state index in [4.69, 9.17) is 14.7 Å². The Bertz CT molecular complexity index is 577. The molecular weight excluding hydrogens is 390 g/mol. The second-order valence-corrected chi connectivity index (χ2v) is 5.40. The molecule has 1 aromatic rings. The molecule has 1 rings (SSSR count). The van der Waals surface area contributed by atoms with Gasteiger partial charge in [0.15, 0.2) is 0 Å². The largest absolute Gasteiger partial charge is 0.492 e. The van der Waals surface area contributed by atoms with E-state index >= 15 is 0 Å². The van der Waals surface area contributed by atoms with Gasteiger partial charge in [0.25, 0.3) is 0 Å². The number of carbonyl (C=O) groups is 1. The molecule has 1 aromatic carbocycles. The summed E-state index contributed by atoms with van der Waals surface area (Å²) in [5, 5.41) is 9.06. The van der Waals surface area contributed by atoms with Gasteiger partial charge in [-0.05, 0) is 48.0 Å². The monoisotopic (exact) mass is 401 g/mol. The molecule has 6 heteroatoms. The SMILES string of the molecule is CCOC(=O)/C(C#N)=C/c1cc(Br)cc(Br)c1OCC. The van der Waals surface area contributed by atoms with Gasteiger partial charge in [-0.15, -0.1) is 0 Å².